The third-order valence-corrected chi connectivity index (χ3v) is 5.02. The molecule has 1 heterocycles. The van der Waals surface area contributed by atoms with Crippen molar-refractivity contribution >= 4 is 35.8 Å². The van der Waals surface area contributed by atoms with E-state index in [0.29, 0.717) is 38.8 Å². The first kappa shape index (κ1) is 26.6. The summed E-state index contributed by atoms with van der Waals surface area (Å²) in [5, 5.41) is 9.31. The van der Waals surface area contributed by atoms with Gasteiger partial charge in [-0.15, -0.1) is 24.0 Å². The molecule has 1 aliphatic heterocycles. The molecule has 30 heavy (non-hydrogen) atoms. The van der Waals surface area contributed by atoms with Gasteiger partial charge in [-0.25, -0.2) is 4.39 Å². The number of carbonyl (C=O) groups excluding carboxylic acids is 1. The average Bonchev–Trinajstić information content (AvgIpc) is 2.73. The summed E-state index contributed by atoms with van der Waals surface area (Å²) in [6, 6.07) is 6.71. The first-order chi connectivity index (χ1) is 13.9. The minimum Gasteiger partial charge on any atom is -0.379 e. The second kappa shape index (κ2) is 13.1. The zero-order valence-corrected chi connectivity index (χ0v) is 20.7. The largest absolute Gasteiger partial charge is 0.379 e. The smallest absolute Gasteiger partial charge is 0.227 e. The highest BCUT2D eigenvalue weighted by atomic mass is 127. The molecule has 1 saturated heterocycles. The van der Waals surface area contributed by atoms with Crippen molar-refractivity contribution in [2.45, 2.75) is 26.8 Å². The lowest BCUT2D eigenvalue weighted by Gasteiger charge is -2.35. The number of hydrogen-bond donors (Lipinski definition) is 3. The molecule has 0 aliphatic carbocycles. The third kappa shape index (κ3) is 7.99. The van der Waals surface area contributed by atoms with Gasteiger partial charge in [0, 0.05) is 33.2 Å². The maximum atomic E-state index is 13.4. The molecule has 0 bridgehead atoms. The second-order valence-electron chi connectivity index (χ2n) is 7.75. The number of benzene rings is 1. The standard InChI is InChI=1S/C21H34FN5O2.HI/c1-5-24-20(26-15-21(2,3)19(28)23-4)25-14-18(27-10-12-29-13-11-27)16-6-8-17(22)9-7-16;/h6-9,18H,5,10-15H2,1-4H3,(H,23,28)(H2,24,25,26);1H. The van der Waals surface area contributed by atoms with E-state index in [4.69, 9.17) is 4.74 Å². The summed E-state index contributed by atoms with van der Waals surface area (Å²) in [5.74, 6) is 0.369. The van der Waals surface area contributed by atoms with Crippen LogP contribution in [0.5, 0.6) is 0 Å². The molecule has 1 unspecified atom stereocenters. The molecule has 0 spiro atoms. The summed E-state index contributed by atoms with van der Waals surface area (Å²) in [5.41, 5.74) is 0.444. The van der Waals surface area contributed by atoms with Gasteiger partial charge < -0.3 is 20.7 Å². The van der Waals surface area contributed by atoms with Gasteiger partial charge in [0.25, 0.3) is 0 Å². The predicted molar refractivity (Wildman–Crippen MR) is 129 cm³/mol. The molecule has 0 aromatic heterocycles. The summed E-state index contributed by atoms with van der Waals surface area (Å²) in [7, 11) is 1.63. The average molecular weight is 535 g/mol. The van der Waals surface area contributed by atoms with Crippen LogP contribution in [0.15, 0.2) is 29.3 Å². The molecular formula is C21H35FIN5O2. The second-order valence-corrected chi connectivity index (χ2v) is 7.75. The number of carbonyl (C=O) groups is 1. The summed E-state index contributed by atoms with van der Waals surface area (Å²) in [4.78, 5) is 19.0. The molecule has 3 N–H and O–H groups in total. The van der Waals surface area contributed by atoms with Crippen LogP contribution in [0.4, 0.5) is 4.39 Å². The van der Waals surface area contributed by atoms with Crippen LogP contribution < -0.4 is 16.0 Å². The Morgan fingerprint density at radius 3 is 2.43 bits per heavy atom. The van der Waals surface area contributed by atoms with Crippen LogP contribution in [-0.2, 0) is 9.53 Å². The summed E-state index contributed by atoms with van der Waals surface area (Å²) >= 11 is 0. The Bertz CT molecular complexity index is 678. The van der Waals surface area contributed by atoms with Gasteiger partial charge in [-0.1, -0.05) is 12.1 Å². The highest BCUT2D eigenvalue weighted by Gasteiger charge is 2.27. The van der Waals surface area contributed by atoms with Gasteiger partial charge in [-0.3, -0.25) is 14.7 Å². The Morgan fingerprint density at radius 2 is 1.87 bits per heavy atom. The van der Waals surface area contributed by atoms with E-state index in [1.54, 1.807) is 7.05 Å². The van der Waals surface area contributed by atoms with E-state index in [2.05, 4.69) is 25.8 Å². The Hall–Kier alpha value is -1.46. The molecule has 1 aromatic carbocycles. The zero-order valence-electron chi connectivity index (χ0n) is 18.3. The third-order valence-electron chi connectivity index (χ3n) is 5.02. The van der Waals surface area contributed by atoms with E-state index in [0.717, 1.165) is 18.7 Å². The van der Waals surface area contributed by atoms with Gasteiger partial charge in [-0.2, -0.15) is 0 Å². The number of amides is 1. The van der Waals surface area contributed by atoms with Crippen LogP contribution in [0, 0.1) is 11.2 Å². The normalized spacial score (nSPS) is 16.4. The number of hydrogen-bond acceptors (Lipinski definition) is 4. The maximum Gasteiger partial charge on any atom is 0.227 e. The van der Waals surface area contributed by atoms with Crippen LogP contribution in [0.25, 0.3) is 0 Å². The lowest BCUT2D eigenvalue weighted by atomic mass is 9.93. The molecule has 0 saturated carbocycles. The van der Waals surface area contributed by atoms with E-state index in [9.17, 15) is 9.18 Å². The molecule has 1 aliphatic rings. The molecule has 0 radical (unpaired) electrons. The first-order valence-electron chi connectivity index (χ1n) is 10.2. The number of aliphatic imine (C=N–C) groups is 1. The maximum absolute atomic E-state index is 13.4. The van der Waals surface area contributed by atoms with E-state index in [1.165, 1.54) is 12.1 Å². The molecule has 1 atom stereocenters. The van der Waals surface area contributed by atoms with Crippen LogP contribution >= 0.6 is 24.0 Å². The van der Waals surface area contributed by atoms with Gasteiger partial charge in [0.05, 0.1) is 31.2 Å². The van der Waals surface area contributed by atoms with Crippen molar-refractivity contribution in [1.82, 2.24) is 20.9 Å². The molecule has 7 nitrogen and oxygen atoms in total. The fourth-order valence-electron chi connectivity index (χ4n) is 3.25. The molecule has 1 aromatic rings. The molecule has 1 fully saturated rings. The fourth-order valence-corrected chi connectivity index (χ4v) is 3.25. The number of halogens is 2. The monoisotopic (exact) mass is 535 g/mol. The Labute approximate surface area is 196 Å². The topological polar surface area (TPSA) is 78.0 Å². The van der Waals surface area contributed by atoms with Crippen molar-refractivity contribution < 1.29 is 13.9 Å². The van der Waals surface area contributed by atoms with Crippen molar-refractivity contribution in [3.05, 3.63) is 35.6 Å². The molecule has 1 amide bonds. The summed E-state index contributed by atoms with van der Waals surface area (Å²) in [6.07, 6.45) is 0. The number of ether oxygens (including phenoxy) is 1. The quantitative estimate of drug-likeness (QED) is 0.270. The Kier molecular flexibility index (Phi) is 11.6. The van der Waals surface area contributed by atoms with Gasteiger partial charge >= 0.3 is 0 Å². The minimum atomic E-state index is -0.600. The SMILES string of the molecule is CCNC(=NCC(C)(C)C(=O)NC)NCC(c1ccc(F)cc1)N1CCOCC1.I. The highest BCUT2D eigenvalue weighted by Crippen LogP contribution is 2.22. The van der Waals surface area contributed by atoms with E-state index < -0.39 is 5.41 Å². The van der Waals surface area contributed by atoms with Crippen molar-refractivity contribution in [3.8, 4) is 0 Å². The van der Waals surface area contributed by atoms with E-state index in [-0.39, 0.29) is 41.7 Å². The fraction of sp³-hybridized carbons (Fsp3) is 0.619. The zero-order chi connectivity index (χ0) is 21.3. The lowest BCUT2D eigenvalue weighted by molar-refractivity contribution is -0.128. The van der Waals surface area contributed by atoms with Gasteiger partial charge in [-0.05, 0) is 38.5 Å². The molecular weight excluding hydrogens is 500 g/mol. The van der Waals surface area contributed by atoms with Gasteiger partial charge in [0.2, 0.25) is 5.91 Å². The number of nitrogens with one attached hydrogen (secondary N) is 3. The van der Waals surface area contributed by atoms with E-state index >= 15 is 0 Å². The Morgan fingerprint density at radius 1 is 1.23 bits per heavy atom. The Balaban J connectivity index is 0.00000450. The summed E-state index contributed by atoms with van der Waals surface area (Å²) < 4.78 is 18.9. The van der Waals surface area contributed by atoms with Crippen molar-refractivity contribution in [1.29, 1.82) is 0 Å². The number of morpholine rings is 1. The molecule has 9 heteroatoms. The van der Waals surface area contributed by atoms with Crippen LogP contribution in [0.2, 0.25) is 0 Å². The van der Waals surface area contributed by atoms with Gasteiger partial charge in [0.15, 0.2) is 5.96 Å². The number of rotatable bonds is 8. The van der Waals surface area contributed by atoms with Crippen LogP contribution in [-0.4, -0.2) is 69.8 Å². The highest BCUT2D eigenvalue weighted by molar-refractivity contribution is 14.0. The number of guanidine groups is 1. The molecule has 170 valence electrons. The van der Waals surface area contributed by atoms with Crippen LogP contribution in [0.1, 0.15) is 32.4 Å². The lowest BCUT2D eigenvalue weighted by Crippen LogP contribution is -2.46. The van der Waals surface area contributed by atoms with Crippen molar-refractivity contribution in [2.75, 3.05) is 53.0 Å². The minimum absolute atomic E-state index is 0. The van der Waals surface area contributed by atoms with Crippen LogP contribution in [0.3, 0.4) is 0 Å². The summed E-state index contributed by atoms with van der Waals surface area (Å²) in [6.45, 7) is 10.4. The first-order valence-corrected chi connectivity index (χ1v) is 10.2. The van der Waals surface area contributed by atoms with E-state index in [1.807, 2.05) is 32.9 Å². The van der Waals surface area contributed by atoms with Crippen molar-refractivity contribution in [3.63, 3.8) is 0 Å². The number of nitrogens with zero attached hydrogens (tertiary/aromatic N) is 2. The van der Waals surface area contributed by atoms with Gasteiger partial charge in [0.1, 0.15) is 5.82 Å². The van der Waals surface area contributed by atoms with Crippen molar-refractivity contribution in [2.24, 2.45) is 10.4 Å². The molecule has 2 rings (SSSR count). The predicted octanol–water partition coefficient (Wildman–Crippen LogP) is 2.14.